The molecule has 0 saturated carbocycles. The van der Waals surface area contributed by atoms with Gasteiger partial charge < -0.3 is 15.0 Å². The first-order valence-electron chi connectivity index (χ1n) is 8.32. The molecule has 1 N–H and O–H groups in total. The maximum atomic E-state index is 12.5. The molecule has 6 heteroatoms. The van der Waals surface area contributed by atoms with Crippen molar-refractivity contribution in [3.05, 3.63) is 35.3 Å². The summed E-state index contributed by atoms with van der Waals surface area (Å²) in [5.74, 6) is 0.445. The van der Waals surface area contributed by atoms with Crippen LogP contribution in [0, 0.1) is 12.8 Å². The number of aromatic nitrogens is 1. The zero-order chi connectivity index (χ0) is 16.9. The van der Waals surface area contributed by atoms with Crippen LogP contribution in [0.25, 0.3) is 10.6 Å². The number of carbonyl (C=O) groups is 1. The average molecular weight is 345 g/mol. The number of carbonyl (C=O) groups excluding carboxylic acids is 1. The Labute approximate surface area is 146 Å². The highest BCUT2D eigenvalue weighted by Gasteiger charge is 2.21. The molecule has 2 aromatic rings. The zero-order valence-electron chi connectivity index (χ0n) is 14.1. The SMILES string of the molecule is CCN(C[C@@H]1CCOC1)C(=O)Nc1cccc(-c2nc(C)cs2)c1. The number of hydrogen-bond acceptors (Lipinski definition) is 4. The Kier molecular flexibility index (Phi) is 5.48. The molecule has 0 aliphatic carbocycles. The van der Waals surface area contributed by atoms with Gasteiger partial charge in [-0.25, -0.2) is 9.78 Å². The van der Waals surface area contributed by atoms with E-state index in [1.165, 1.54) is 0 Å². The lowest BCUT2D eigenvalue weighted by Gasteiger charge is -2.24. The van der Waals surface area contributed by atoms with Crippen LogP contribution >= 0.6 is 11.3 Å². The summed E-state index contributed by atoms with van der Waals surface area (Å²) >= 11 is 1.61. The molecule has 1 aliphatic rings. The van der Waals surface area contributed by atoms with Crippen LogP contribution in [0.15, 0.2) is 29.6 Å². The molecule has 0 radical (unpaired) electrons. The maximum Gasteiger partial charge on any atom is 0.321 e. The molecule has 24 heavy (non-hydrogen) atoms. The lowest BCUT2D eigenvalue weighted by atomic mass is 10.1. The van der Waals surface area contributed by atoms with Crippen LogP contribution in [-0.4, -0.2) is 42.2 Å². The molecule has 0 bridgehead atoms. The van der Waals surface area contributed by atoms with Crippen molar-refractivity contribution in [2.75, 3.05) is 31.6 Å². The molecule has 0 unspecified atom stereocenters. The van der Waals surface area contributed by atoms with Crippen LogP contribution in [0.1, 0.15) is 19.0 Å². The third-order valence-electron chi connectivity index (χ3n) is 4.15. The van der Waals surface area contributed by atoms with Crippen molar-refractivity contribution in [3.8, 4) is 10.6 Å². The van der Waals surface area contributed by atoms with Gasteiger partial charge in [0.2, 0.25) is 0 Å². The monoisotopic (exact) mass is 345 g/mol. The Bertz CT molecular complexity index is 695. The average Bonchev–Trinajstić information content (AvgIpc) is 3.24. The second-order valence-corrected chi connectivity index (χ2v) is 6.93. The number of nitrogens with zero attached hydrogens (tertiary/aromatic N) is 2. The number of urea groups is 1. The van der Waals surface area contributed by atoms with E-state index < -0.39 is 0 Å². The van der Waals surface area contributed by atoms with Gasteiger partial charge in [0, 0.05) is 47.9 Å². The summed E-state index contributed by atoms with van der Waals surface area (Å²) < 4.78 is 5.40. The first kappa shape index (κ1) is 16.9. The van der Waals surface area contributed by atoms with Crippen LogP contribution in [0.2, 0.25) is 0 Å². The van der Waals surface area contributed by atoms with Crippen LogP contribution < -0.4 is 5.32 Å². The fraction of sp³-hybridized carbons (Fsp3) is 0.444. The maximum absolute atomic E-state index is 12.5. The molecule has 1 aromatic heterocycles. The van der Waals surface area contributed by atoms with Crippen molar-refractivity contribution in [2.24, 2.45) is 5.92 Å². The molecule has 1 aliphatic heterocycles. The van der Waals surface area contributed by atoms with E-state index in [0.29, 0.717) is 12.5 Å². The van der Waals surface area contributed by atoms with Crippen molar-refractivity contribution in [3.63, 3.8) is 0 Å². The van der Waals surface area contributed by atoms with Crippen molar-refractivity contribution in [1.82, 2.24) is 9.88 Å². The predicted octanol–water partition coefficient (Wildman–Crippen LogP) is 4.01. The van der Waals surface area contributed by atoms with Gasteiger partial charge in [-0.05, 0) is 32.4 Å². The van der Waals surface area contributed by atoms with Gasteiger partial charge in [-0.15, -0.1) is 11.3 Å². The van der Waals surface area contributed by atoms with Crippen molar-refractivity contribution < 1.29 is 9.53 Å². The standard InChI is InChI=1S/C18H23N3O2S/c1-3-21(10-14-7-8-23-11-14)18(22)20-16-6-4-5-15(9-16)17-19-13(2)12-24-17/h4-6,9,12,14H,3,7-8,10-11H2,1-2H3,(H,20,22)/t14-/m0/s1. The van der Waals surface area contributed by atoms with Crippen LogP contribution in [0.3, 0.4) is 0 Å². The van der Waals surface area contributed by atoms with Crippen molar-refractivity contribution in [2.45, 2.75) is 20.3 Å². The second kappa shape index (κ2) is 7.77. The number of ether oxygens (including phenoxy) is 1. The second-order valence-electron chi connectivity index (χ2n) is 6.07. The van der Waals surface area contributed by atoms with Gasteiger partial charge in [-0.2, -0.15) is 0 Å². The van der Waals surface area contributed by atoms with Gasteiger partial charge in [0.15, 0.2) is 0 Å². The molecular formula is C18H23N3O2S. The van der Waals surface area contributed by atoms with Crippen LogP contribution in [0.5, 0.6) is 0 Å². The molecular weight excluding hydrogens is 322 g/mol. The highest BCUT2D eigenvalue weighted by Crippen LogP contribution is 2.26. The summed E-state index contributed by atoms with van der Waals surface area (Å²) in [4.78, 5) is 18.9. The summed E-state index contributed by atoms with van der Waals surface area (Å²) in [5, 5.41) is 6.01. The summed E-state index contributed by atoms with van der Waals surface area (Å²) in [6, 6.07) is 7.79. The molecule has 1 aromatic carbocycles. The lowest BCUT2D eigenvalue weighted by Crippen LogP contribution is -2.38. The summed E-state index contributed by atoms with van der Waals surface area (Å²) in [7, 11) is 0. The van der Waals surface area contributed by atoms with Crippen molar-refractivity contribution in [1.29, 1.82) is 0 Å². The molecule has 128 valence electrons. The van der Waals surface area contributed by atoms with E-state index in [1.54, 1.807) is 11.3 Å². The van der Waals surface area contributed by atoms with E-state index in [1.807, 2.05) is 48.4 Å². The number of rotatable bonds is 5. The number of aryl methyl sites for hydroxylation is 1. The highest BCUT2D eigenvalue weighted by molar-refractivity contribution is 7.13. The Balaban J connectivity index is 1.66. The molecule has 2 amide bonds. The molecule has 5 nitrogen and oxygen atoms in total. The minimum Gasteiger partial charge on any atom is -0.381 e. The molecule has 3 rings (SSSR count). The third kappa shape index (κ3) is 4.13. The van der Waals surface area contributed by atoms with Crippen molar-refractivity contribution >= 4 is 23.1 Å². The molecule has 0 spiro atoms. The summed E-state index contributed by atoms with van der Waals surface area (Å²) in [6.07, 6.45) is 1.03. The number of nitrogens with one attached hydrogen (secondary N) is 1. The van der Waals surface area contributed by atoms with E-state index in [2.05, 4.69) is 10.3 Å². The van der Waals surface area contributed by atoms with E-state index in [-0.39, 0.29) is 6.03 Å². The predicted molar refractivity (Wildman–Crippen MR) is 97.5 cm³/mol. The number of hydrogen-bond donors (Lipinski definition) is 1. The van der Waals surface area contributed by atoms with Crippen LogP contribution in [-0.2, 0) is 4.74 Å². The first-order valence-corrected chi connectivity index (χ1v) is 9.20. The Morgan fingerprint density at radius 2 is 2.38 bits per heavy atom. The number of amides is 2. The number of anilines is 1. The number of thiazole rings is 1. The topological polar surface area (TPSA) is 54.5 Å². The normalized spacial score (nSPS) is 17.0. The lowest BCUT2D eigenvalue weighted by molar-refractivity contribution is 0.171. The summed E-state index contributed by atoms with van der Waals surface area (Å²) in [5.41, 5.74) is 2.84. The largest absolute Gasteiger partial charge is 0.381 e. The molecule has 1 saturated heterocycles. The Hall–Kier alpha value is -1.92. The van der Waals surface area contributed by atoms with Gasteiger partial charge in [0.25, 0.3) is 0 Å². The zero-order valence-corrected chi connectivity index (χ0v) is 14.9. The quantitative estimate of drug-likeness (QED) is 0.891. The van der Waals surface area contributed by atoms with Gasteiger partial charge in [-0.3, -0.25) is 0 Å². The van der Waals surface area contributed by atoms with E-state index in [4.69, 9.17) is 4.74 Å². The fourth-order valence-corrected chi connectivity index (χ4v) is 3.61. The van der Waals surface area contributed by atoms with Gasteiger partial charge >= 0.3 is 6.03 Å². The van der Waals surface area contributed by atoms with E-state index in [0.717, 1.165) is 48.1 Å². The minimum atomic E-state index is -0.0585. The number of benzene rings is 1. The molecule has 1 atom stereocenters. The molecule has 2 heterocycles. The molecule has 1 fully saturated rings. The van der Waals surface area contributed by atoms with Crippen LogP contribution in [0.4, 0.5) is 10.5 Å². The summed E-state index contributed by atoms with van der Waals surface area (Å²) in [6.45, 7) is 6.98. The Morgan fingerprint density at radius 1 is 1.50 bits per heavy atom. The van der Waals surface area contributed by atoms with E-state index in [9.17, 15) is 4.79 Å². The van der Waals surface area contributed by atoms with Gasteiger partial charge in [0.05, 0.1) is 6.61 Å². The smallest absolute Gasteiger partial charge is 0.321 e. The van der Waals surface area contributed by atoms with E-state index >= 15 is 0 Å². The first-order chi connectivity index (χ1) is 11.7. The highest BCUT2D eigenvalue weighted by atomic mass is 32.1. The Morgan fingerprint density at radius 3 is 3.04 bits per heavy atom. The fourth-order valence-electron chi connectivity index (χ4n) is 2.81. The minimum absolute atomic E-state index is 0.0585. The van der Waals surface area contributed by atoms with Gasteiger partial charge in [-0.1, -0.05) is 12.1 Å². The van der Waals surface area contributed by atoms with Gasteiger partial charge in [0.1, 0.15) is 5.01 Å². The third-order valence-corrected chi connectivity index (χ3v) is 5.16.